The van der Waals surface area contributed by atoms with Crippen LogP contribution in [0.5, 0.6) is 5.75 Å². The average Bonchev–Trinajstić information content (AvgIpc) is 2.69. The van der Waals surface area contributed by atoms with Crippen molar-refractivity contribution in [2.45, 2.75) is 33.7 Å². The maximum atomic E-state index is 12.6. The van der Waals surface area contributed by atoms with Crippen molar-refractivity contribution in [3.05, 3.63) is 65.4 Å². The van der Waals surface area contributed by atoms with Crippen LogP contribution in [0.25, 0.3) is 0 Å². The molecule has 0 aromatic heterocycles. The Morgan fingerprint density at radius 3 is 2.60 bits per heavy atom. The predicted octanol–water partition coefficient (Wildman–Crippen LogP) is 4.05. The first-order chi connectivity index (χ1) is 14.3. The van der Waals surface area contributed by atoms with E-state index in [0.29, 0.717) is 23.7 Å². The lowest BCUT2D eigenvalue weighted by atomic mass is 10.0. The van der Waals surface area contributed by atoms with E-state index >= 15 is 0 Å². The zero-order valence-electron chi connectivity index (χ0n) is 17.6. The molecule has 156 valence electrons. The van der Waals surface area contributed by atoms with E-state index in [4.69, 9.17) is 4.74 Å². The fourth-order valence-electron chi connectivity index (χ4n) is 2.84. The van der Waals surface area contributed by atoms with Gasteiger partial charge in [0.15, 0.2) is 0 Å². The number of nitrogens with one attached hydrogen (secondary N) is 3. The summed E-state index contributed by atoms with van der Waals surface area (Å²) in [5, 5.41) is 17.9. The van der Waals surface area contributed by atoms with Gasteiger partial charge in [0.2, 0.25) is 5.91 Å². The van der Waals surface area contributed by atoms with Gasteiger partial charge in [-0.05, 0) is 45.0 Å². The van der Waals surface area contributed by atoms with Gasteiger partial charge in [-0.15, -0.1) is 0 Å². The number of hydrogen-bond donors (Lipinski definition) is 3. The van der Waals surface area contributed by atoms with Gasteiger partial charge in [0.25, 0.3) is 5.91 Å². The van der Waals surface area contributed by atoms with E-state index in [1.54, 1.807) is 24.3 Å². The largest absolute Gasteiger partial charge is 0.494 e. The summed E-state index contributed by atoms with van der Waals surface area (Å²) in [6, 6.07) is 14.3. The van der Waals surface area contributed by atoms with Gasteiger partial charge >= 0.3 is 0 Å². The maximum Gasteiger partial charge on any atom is 0.263 e. The standard InChI is InChI=1S/C23H26N4O3/c1-5-30-22-10-9-15(2)11-21(22)16(3)26-23(29)18(13-24)14-25-19-7-6-8-20(12-19)27-17(4)28/h6-12,14,16,25H,5H2,1-4H3,(H,26,29)(H,27,28)/b18-14-. The number of aryl methyl sites for hydroxylation is 1. The van der Waals surface area contributed by atoms with Gasteiger partial charge in [-0.3, -0.25) is 9.59 Å². The number of carbonyl (C=O) groups is 2. The van der Waals surface area contributed by atoms with Gasteiger partial charge in [0, 0.05) is 30.1 Å². The highest BCUT2D eigenvalue weighted by molar-refractivity contribution is 5.97. The van der Waals surface area contributed by atoms with Crippen molar-refractivity contribution in [3.63, 3.8) is 0 Å². The Hall–Kier alpha value is -3.79. The van der Waals surface area contributed by atoms with Crippen LogP contribution in [0, 0.1) is 18.3 Å². The molecule has 0 aliphatic carbocycles. The highest BCUT2D eigenvalue weighted by Crippen LogP contribution is 2.26. The highest BCUT2D eigenvalue weighted by atomic mass is 16.5. The van der Waals surface area contributed by atoms with Crippen LogP contribution in [0.1, 0.15) is 37.9 Å². The van der Waals surface area contributed by atoms with E-state index in [-0.39, 0.29) is 17.5 Å². The van der Waals surface area contributed by atoms with E-state index in [1.807, 2.05) is 45.0 Å². The minimum atomic E-state index is -0.500. The normalized spacial score (nSPS) is 11.8. The monoisotopic (exact) mass is 406 g/mol. The quantitative estimate of drug-likeness (QED) is 0.453. The van der Waals surface area contributed by atoms with Crippen LogP contribution in [0.2, 0.25) is 0 Å². The first kappa shape index (κ1) is 22.5. The van der Waals surface area contributed by atoms with Gasteiger partial charge in [0.1, 0.15) is 17.4 Å². The molecule has 2 aromatic rings. The van der Waals surface area contributed by atoms with Crippen LogP contribution in [-0.2, 0) is 9.59 Å². The summed E-state index contributed by atoms with van der Waals surface area (Å²) < 4.78 is 5.65. The molecule has 0 saturated heterocycles. The van der Waals surface area contributed by atoms with Crippen LogP contribution in [0.3, 0.4) is 0 Å². The fraction of sp³-hybridized carbons (Fsp3) is 0.261. The molecule has 0 spiro atoms. The van der Waals surface area contributed by atoms with E-state index < -0.39 is 5.91 Å². The van der Waals surface area contributed by atoms with Crippen LogP contribution < -0.4 is 20.7 Å². The van der Waals surface area contributed by atoms with Crippen LogP contribution in [0.4, 0.5) is 11.4 Å². The number of ether oxygens (including phenoxy) is 1. The smallest absolute Gasteiger partial charge is 0.263 e. The molecular weight excluding hydrogens is 380 g/mol. The van der Waals surface area contributed by atoms with Crippen molar-refractivity contribution in [2.75, 3.05) is 17.2 Å². The molecule has 0 heterocycles. The van der Waals surface area contributed by atoms with Crippen molar-refractivity contribution in [1.29, 1.82) is 5.26 Å². The third-order valence-corrected chi connectivity index (χ3v) is 4.21. The molecule has 0 bridgehead atoms. The fourth-order valence-corrected chi connectivity index (χ4v) is 2.84. The van der Waals surface area contributed by atoms with Crippen molar-refractivity contribution in [3.8, 4) is 11.8 Å². The Balaban J connectivity index is 2.12. The Kier molecular flexibility index (Phi) is 8.00. The van der Waals surface area contributed by atoms with Crippen molar-refractivity contribution in [1.82, 2.24) is 5.32 Å². The zero-order chi connectivity index (χ0) is 22.1. The summed E-state index contributed by atoms with van der Waals surface area (Å²) in [5.74, 6) is 0.0158. The second kappa shape index (κ2) is 10.7. The zero-order valence-corrected chi connectivity index (χ0v) is 17.6. The minimum absolute atomic E-state index is 0.0719. The number of benzene rings is 2. The van der Waals surface area contributed by atoms with Crippen molar-refractivity contribution >= 4 is 23.2 Å². The molecule has 2 amide bonds. The van der Waals surface area contributed by atoms with Crippen LogP contribution in [0.15, 0.2) is 54.2 Å². The Morgan fingerprint density at radius 1 is 1.20 bits per heavy atom. The molecule has 0 aliphatic heterocycles. The number of nitrogens with zero attached hydrogens (tertiary/aromatic N) is 1. The van der Waals surface area contributed by atoms with E-state index in [9.17, 15) is 14.9 Å². The molecule has 0 saturated carbocycles. The average molecular weight is 406 g/mol. The molecule has 0 aliphatic rings. The van der Waals surface area contributed by atoms with Crippen molar-refractivity contribution < 1.29 is 14.3 Å². The number of anilines is 2. The molecule has 3 N–H and O–H groups in total. The summed E-state index contributed by atoms with van der Waals surface area (Å²) >= 11 is 0. The first-order valence-electron chi connectivity index (χ1n) is 9.62. The van der Waals surface area contributed by atoms with Gasteiger partial charge in [-0.1, -0.05) is 23.8 Å². The number of carbonyl (C=O) groups excluding carboxylic acids is 2. The number of hydrogen-bond acceptors (Lipinski definition) is 5. The van der Waals surface area contributed by atoms with Crippen molar-refractivity contribution in [2.24, 2.45) is 0 Å². The Morgan fingerprint density at radius 2 is 1.93 bits per heavy atom. The summed E-state index contributed by atoms with van der Waals surface area (Å²) in [6.45, 7) is 7.64. The molecule has 1 atom stereocenters. The van der Waals surface area contributed by atoms with Gasteiger partial charge in [-0.25, -0.2) is 0 Å². The lowest BCUT2D eigenvalue weighted by molar-refractivity contribution is -0.117. The molecule has 2 aromatic carbocycles. The molecule has 7 nitrogen and oxygen atoms in total. The summed E-state index contributed by atoms with van der Waals surface area (Å²) in [5.41, 5.74) is 3.06. The molecule has 1 unspecified atom stereocenters. The van der Waals surface area contributed by atoms with E-state index in [0.717, 1.165) is 11.1 Å². The number of rotatable bonds is 8. The van der Waals surface area contributed by atoms with Gasteiger partial charge in [-0.2, -0.15) is 5.26 Å². The summed E-state index contributed by atoms with van der Waals surface area (Å²) in [6.07, 6.45) is 1.34. The molecule has 30 heavy (non-hydrogen) atoms. The lowest BCUT2D eigenvalue weighted by Gasteiger charge is -2.18. The predicted molar refractivity (Wildman–Crippen MR) is 117 cm³/mol. The Labute approximate surface area is 176 Å². The lowest BCUT2D eigenvalue weighted by Crippen LogP contribution is -2.28. The van der Waals surface area contributed by atoms with E-state index in [1.165, 1.54) is 13.1 Å². The number of nitriles is 1. The third kappa shape index (κ3) is 6.38. The third-order valence-electron chi connectivity index (χ3n) is 4.21. The topological polar surface area (TPSA) is 103 Å². The minimum Gasteiger partial charge on any atom is -0.494 e. The van der Waals surface area contributed by atoms with E-state index in [2.05, 4.69) is 16.0 Å². The highest BCUT2D eigenvalue weighted by Gasteiger charge is 2.17. The van der Waals surface area contributed by atoms with Crippen LogP contribution >= 0.6 is 0 Å². The first-order valence-corrected chi connectivity index (χ1v) is 9.62. The molecule has 7 heteroatoms. The SMILES string of the molecule is CCOc1ccc(C)cc1C(C)NC(=O)/C(C#N)=C\Nc1cccc(NC(C)=O)c1. The van der Waals surface area contributed by atoms with Gasteiger partial charge in [0.05, 0.1) is 12.6 Å². The second-order valence-electron chi connectivity index (χ2n) is 6.75. The summed E-state index contributed by atoms with van der Waals surface area (Å²) in [7, 11) is 0. The molecule has 2 rings (SSSR count). The number of amides is 2. The second-order valence-corrected chi connectivity index (χ2v) is 6.75. The Bertz CT molecular complexity index is 992. The van der Waals surface area contributed by atoms with Crippen LogP contribution in [-0.4, -0.2) is 18.4 Å². The maximum absolute atomic E-state index is 12.6. The molecular formula is C23H26N4O3. The summed E-state index contributed by atoms with van der Waals surface area (Å²) in [4.78, 5) is 23.8. The molecule has 0 fully saturated rings. The molecule has 0 radical (unpaired) electrons. The van der Waals surface area contributed by atoms with Gasteiger partial charge < -0.3 is 20.7 Å².